The van der Waals surface area contributed by atoms with Crippen LogP contribution in [0, 0.1) is 11.8 Å². The number of likely N-dealkylation sites (tertiary alicyclic amines) is 2. The number of hydrogen-bond acceptors (Lipinski definition) is 8. The van der Waals surface area contributed by atoms with Crippen LogP contribution < -0.4 is 9.47 Å². The molecule has 48 heavy (non-hydrogen) atoms. The summed E-state index contributed by atoms with van der Waals surface area (Å²) in [5, 5.41) is 19.7. The van der Waals surface area contributed by atoms with Gasteiger partial charge < -0.3 is 19.7 Å². The molecular weight excluding hydrogens is 655 g/mol. The molecule has 0 radical (unpaired) electrons. The van der Waals surface area contributed by atoms with Crippen LogP contribution in [-0.2, 0) is 22.7 Å². The molecule has 4 aromatic rings. The summed E-state index contributed by atoms with van der Waals surface area (Å²) in [6, 6.07) is 19.1. The number of carboxylic acids is 2. The molecule has 0 spiro atoms. The summed E-state index contributed by atoms with van der Waals surface area (Å²) >= 11 is 14.1. The van der Waals surface area contributed by atoms with Gasteiger partial charge in [0.05, 0.1) is 47.5 Å². The molecule has 2 aliphatic heterocycles. The monoisotopic (exact) mass is 690 g/mol. The first-order valence-electron chi connectivity index (χ1n) is 15.7. The van der Waals surface area contributed by atoms with Crippen LogP contribution in [0.15, 0.2) is 60.7 Å². The standard InChI is InChI=1S/C36H36Cl2N4O6/c1-47-33-21(17-41-15-13-23(19-41)35(43)44)9-11-29(39-33)27-7-3-5-25(31(27)37)26-6-4-8-28(32(26)38)30-12-10-22(34(40-30)48-2)18-42-16-14-24(20-42)36(45)46/h3-12,23-24H,13-20H2,1-2H3,(H,43,44)(H,45,46)/t23-,24?/m1/s1. The summed E-state index contributed by atoms with van der Waals surface area (Å²) in [5.74, 6) is -1.33. The van der Waals surface area contributed by atoms with Crippen LogP contribution in [-0.4, -0.2) is 82.3 Å². The van der Waals surface area contributed by atoms with E-state index in [0.717, 1.165) is 22.3 Å². The molecule has 2 aromatic carbocycles. The summed E-state index contributed by atoms with van der Waals surface area (Å²) in [5.41, 5.74) is 5.89. The molecule has 2 N–H and O–H groups in total. The molecule has 0 amide bonds. The number of rotatable bonds is 11. The van der Waals surface area contributed by atoms with E-state index >= 15 is 0 Å². The first-order valence-corrected chi connectivity index (χ1v) is 16.5. The Kier molecular flexibility index (Phi) is 10.2. The van der Waals surface area contributed by atoms with Crippen LogP contribution in [0.4, 0.5) is 0 Å². The Balaban J connectivity index is 1.26. The molecule has 2 atom stereocenters. The third-order valence-electron chi connectivity index (χ3n) is 9.14. The van der Waals surface area contributed by atoms with E-state index in [1.165, 1.54) is 0 Å². The Morgan fingerprint density at radius 2 is 1.08 bits per heavy atom. The third-order valence-corrected chi connectivity index (χ3v) is 9.95. The van der Waals surface area contributed by atoms with E-state index in [9.17, 15) is 19.8 Å². The molecule has 0 bridgehead atoms. The zero-order valence-electron chi connectivity index (χ0n) is 26.7. The summed E-state index contributed by atoms with van der Waals surface area (Å²) in [6.07, 6.45) is 1.25. The average molecular weight is 692 g/mol. The van der Waals surface area contributed by atoms with Crippen molar-refractivity contribution >= 4 is 35.1 Å². The molecule has 2 aromatic heterocycles. The number of hydrogen-bond donors (Lipinski definition) is 2. The average Bonchev–Trinajstić information content (AvgIpc) is 3.76. The van der Waals surface area contributed by atoms with E-state index in [2.05, 4.69) is 9.80 Å². The normalized spacial score (nSPS) is 18.2. The Morgan fingerprint density at radius 1 is 0.688 bits per heavy atom. The molecule has 0 aliphatic carbocycles. The molecule has 2 aliphatic rings. The van der Waals surface area contributed by atoms with Crippen LogP contribution in [0.3, 0.4) is 0 Å². The summed E-state index contributed by atoms with van der Waals surface area (Å²) in [7, 11) is 3.14. The van der Waals surface area contributed by atoms with Gasteiger partial charge in [0.25, 0.3) is 0 Å². The number of methoxy groups -OCH3 is 2. The molecule has 12 heteroatoms. The number of pyridine rings is 2. The van der Waals surface area contributed by atoms with Crippen LogP contribution in [0.1, 0.15) is 24.0 Å². The summed E-state index contributed by atoms with van der Waals surface area (Å²) in [4.78, 5) is 36.6. The molecule has 4 heterocycles. The number of aromatic nitrogens is 2. The van der Waals surface area contributed by atoms with Crippen molar-refractivity contribution in [2.45, 2.75) is 25.9 Å². The Bertz CT molecular complexity index is 1720. The lowest BCUT2D eigenvalue weighted by Crippen LogP contribution is -2.23. The quantitative estimate of drug-likeness (QED) is 0.177. The maximum atomic E-state index is 11.4. The van der Waals surface area contributed by atoms with Crippen LogP contribution >= 0.6 is 23.2 Å². The summed E-state index contributed by atoms with van der Waals surface area (Å²) < 4.78 is 11.3. The van der Waals surface area contributed by atoms with Gasteiger partial charge in [0, 0.05) is 59.6 Å². The second-order valence-corrected chi connectivity index (χ2v) is 12.9. The number of carboxylic acid groups (broad SMARTS) is 2. The lowest BCUT2D eigenvalue weighted by Gasteiger charge is -2.18. The lowest BCUT2D eigenvalue weighted by atomic mass is 9.98. The Hall–Kier alpha value is -4.22. The van der Waals surface area contributed by atoms with Gasteiger partial charge in [-0.1, -0.05) is 71.7 Å². The molecule has 10 nitrogen and oxygen atoms in total. The van der Waals surface area contributed by atoms with E-state index in [1.807, 2.05) is 60.7 Å². The molecule has 2 fully saturated rings. The Labute approximate surface area is 288 Å². The van der Waals surface area contributed by atoms with E-state index in [1.54, 1.807) is 14.2 Å². The number of benzene rings is 2. The zero-order valence-corrected chi connectivity index (χ0v) is 28.2. The Morgan fingerprint density at radius 3 is 1.44 bits per heavy atom. The van der Waals surface area contributed by atoms with E-state index in [0.29, 0.717) is 96.4 Å². The van der Waals surface area contributed by atoms with Gasteiger partial charge in [0.15, 0.2) is 0 Å². The number of halogens is 2. The van der Waals surface area contributed by atoms with Gasteiger partial charge in [-0.3, -0.25) is 19.4 Å². The molecule has 250 valence electrons. The molecular formula is C36H36Cl2N4O6. The van der Waals surface area contributed by atoms with Crippen LogP contribution in [0.2, 0.25) is 10.0 Å². The largest absolute Gasteiger partial charge is 0.481 e. The maximum Gasteiger partial charge on any atom is 0.307 e. The second kappa shape index (κ2) is 14.5. The number of ether oxygens (including phenoxy) is 2. The fourth-order valence-corrected chi connectivity index (χ4v) is 7.20. The van der Waals surface area contributed by atoms with E-state index in [4.69, 9.17) is 42.6 Å². The predicted molar refractivity (Wildman–Crippen MR) is 184 cm³/mol. The van der Waals surface area contributed by atoms with Crippen molar-refractivity contribution in [3.63, 3.8) is 0 Å². The van der Waals surface area contributed by atoms with Gasteiger partial charge in [0.2, 0.25) is 11.8 Å². The molecule has 0 saturated carbocycles. The zero-order chi connectivity index (χ0) is 33.9. The van der Waals surface area contributed by atoms with Crippen molar-refractivity contribution in [1.29, 1.82) is 0 Å². The summed E-state index contributed by atoms with van der Waals surface area (Å²) in [6.45, 7) is 3.48. The number of nitrogens with zero attached hydrogens (tertiary/aromatic N) is 4. The maximum absolute atomic E-state index is 11.4. The highest BCUT2D eigenvalue weighted by atomic mass is 35.5. The topological polar surface area (TPSA) is 125 Å². The minimum absolute atomic E-state index is 0.359. The highest BCUT2D eigenvalue weighted by Gasteiger charge is 2.30. The van der Waals surface area contributed by atoms with Gasteiger partial charge in [-0.15, -0.1) is 0 Å². The molecule has 1 unspecified atom stereocenters. The van der Waals surface area contributed by atoms with Crippen LogP contribution in [0.25, 0.3) is 33.6 Å². The van der Waals surface area contributed by atoms with Crippen molar-refractivity contribution in [3.05, 3.63) is 81.8 Å². The fourth-order valence-electron chi connectivity index (χ4n) is 6.55. The van der Waals surface area contributed by atoms with E-state index < -0.39 is 11.9 Å². The first kappa shape index (κ1) is 33.7. The second-order valence-electron chi connectivity index (χ2n) is 12.2. The van der Waals surface area contributed by atoms with Crippen molar-refractivity contribution in [3.8, 4) is 45.4 Å². The van der Waals surface area contributed by atoms with Gasteiger partial charge >= 0.3 is 11.9 Å². The molecule has 2 saturated heterocycles. The smallest absolute Gasteiger partial charge is 0.307 e. The van der Waals surface area contributed by atoms with Crippen molar-refractivity contribution in [2.75, 3.05) is 40.4 Å². The molecule has 6 rings (SSSR count). The fraction of sp³-hybridized carbons (Fsp3) is 0.333. The lowest BCUT2D eigenvalue weighted by molar-refractivity contribution is -0.142. The third kappa shape index (κ3) is 6.98. The highest BCUT2D eigenvalue weighted by molar-refractivity contribution is 6.39. The van der Waals surface area contributed by atoms with Crippen molar-refractivity contribution in [2.24, 2.45) is 11.8 Å². The van der Waals surface area contributed by atoms with E-state index in [-0.39, 0.29) is 11.8 Å². The predicted octanol–water partition coefficient (Wildman–Crippen LogP) is 6.61. The van der Waals surface area contributed by atoms with Gasteiger partial charge in [-0.2, -0.15) is 0 Å². The van der Waals surface area contributed by atoms with Crippen LogP contribution in [0.5, 0.6) is 11.8 Å². The van der Waals surface area contributed by atoms with Gasteiger partial charge in [-0.25, -0.2) is 9.97 Å². The first-order chi connectivity index (χ1) is 23.2. The van der Waals surface area contributed by atoms with Crippen molar-refractivity contribution < 1.29 is 29.3 Å². The minimum Gasteiger partial charge on any atom is -0.481 e. The highest BCUT2D eigenvalue weighted by Crippen LogP contribution is 2.42. The minimum atomic E-state index is -0.765. The van der Waals surface area contributed by atoms with Crippen molar-refractivity contribution in [1.82, 2.24) is 19.8 Å². The van der Waals surface area contributed by atoms with Gasteiger partial charge in [0.1, 0.15) is 0 Å². The SMILES string of the molecule is COc1nc(-c2cccc(-c3cccc(-c4ccc(CN5CC[C@@H](C(=O)O)C5)c(OC)n4)c3Cl)c2Cl)ccc1CN1CCC(C(=O)O)C1. The van der Waals surface area contributed by atoms with Gasteiger partial charge in [-0.05, 0) is 38.1 Å². The number of carbonyl (C=O) groups is 2. The number of aliphatic carboxylic acids is 2.